The molecule has 2 heterocycles. The zero-order valence-electron chi connectivity index (χ0n) is 19.3. The second kappa shape index (κ2) is 10.2. The van der Waals surface area contributed by atoms with E-state index in [1.807, 2.05) is 0 Å². The lowest BCUT2D eigenvalue weighted by Gasteiger charge is -2.37. The number of hydrogen-bond donors (Lipinski definition) is 2. The van der Waals surface area contributed by atoms with E-state index < -0.39 is 36.5 Å². The highest BCUT2D eigenvalue weighted by Crippen LogP contribution is 2.34. The monoisotopic (exact) mass is 491 g/mol. The van der Waals surface area contributed by atoms with Crippen molar-refractivity contribution in [3.63, 3.8) is 0 Å². The standard InChI is InChI=1S/C25H28F3N3O4/c1-16(33)29-12-20-13-31(24(34)35-20)19-7-8-21(22(26)11-19)17-3-5-18(6-4-17)23(14-32)30-10-2-9-25(27,28)15-30/h3-8,11,20,23,32H,2,9-10,12-15H2,1H3,(H,29,33)/t20-,23?/m0/s1. The summed E-state index contributed by atoms with van der Waals surface area (Å²) in [4.78, 5) is 26.2. The third-order valence-corrected chi connectivity index (χ3v) is 6.36. The average Bonchev–Trinajstić information content (AvgIpc) is 3.18. The number of aliphatic hydroxyl groups excluding tert-OH is 1. The van der Waals surface area contributed by atoms with Gasteiger partial charge in [0.1, 0.15) is 11.9 Å². The number of alkyl halides is 2. The summed E-state index contributed by atoms with van der Waals surface area (Å²) in [6.07, 6.45) is -0.935. The average molecular weight is 492 g/mol. The first-order valence-corrected chi connectivity index (χ1v) is 11.5. The molecule has 4 rings (SSSR count). The number of piperidine rings is 1. The van der Waals surface area contributed by atoms with E-state index in [0.717, 1.165) is 0 Å². The Hall–Kier alpha value is -3.11. The van der Waals surface area contributed by atoms with Crippen LogP contribution in [0, 0.1) is 5.82 Å². The molecular formula is C25H28F3N3O4. The largest absolute Gasteiger partial charge is 0.442 e. The molecule has 2 aromatic carbocycles. The smallest absolute Gasteiger partial charge is 0.414 e. The van der Waals surface area contributed by atoms with E-state index in [1.54, 1.807) is 41.3 Å². The van der Waals surface area contributed by atoms with E-state index in [1.165, 1.54) is 17.9 Å². The lowest BCUT2D eigenvalue weighted by atomic mass is 9.97. The van der Waals surface area contributed by atoms with Gasteiger partial charge in [-0.05, 0) is 42.3 Å². The topological polar surface area (TPSA) is 82.1 Å². The Kier molecular flexibility index (Phi) is 7.32. The van der Waals surface area contributed by atoms with Crippen LogP contribution in [0.2, 0.25) is 0 Å². The minimum absolute atomic E-state index is 0.152. The summed E-state index contributed by atoms with van der Waals surface area (Å²) in [5, 5.41) is 12.4. The van der Waals surface area contributed by atoms with Crippen molar-refractivity contribution in [2.24, 2.45) is 0 Å². The predicted octanol–water partition coefficient (Wildman–Crippen LogP) is 3.72. The number of likely N-dealkylation sites (tertiary alicyclic amines) is 1. The number of aliphatic hydroxyl groups is 1. The molecule has 35 heavy (non-hydrogen) atoms. The normalized spacial score (nSPS) is 21.0. The molecule has 0 aliphatic carbocycles. The van der Waals surface area contributed by atoms with Gasteiger partial charge in [0.25, 0.3) is 5.92 Å². The van der Waals surface area contributed by atoms with Gasteiger partial charge in [-0.15, -0.1) is 0 Å². The minimum atomic E-state index is -2.78. The van der Waals surface area contributed by atoms with E-state index in [2.05, 4.69) is 5.32 Å². The minimum Gasteiger partial charge on any atom is -0.442 e. The molecule has 10 heteroatoms. The molecule has 2 atom stereocenters. The van der Waals surface area contributed by atoms with Gasteiger partial charge in [-0.2, -0.15) is 0 Å². The summed E-state index contributed by atoms with van der Waals surface area (Å²) in [6, 6.07) is 10.6. The van der Waals surface area contributed by atoms with Crippen LogP contribution in [0.1, 0.15) is 31.4 Å². The van der Waals surface area contributed by atoms with Crippen LogP contribution in [-0.4, -0.2) is 66.8 Å². The molecule has 2 amide bonds. The van der Waals surface area contributed by atoms with Crippen LogP contribution < -0.4 is 10.2 Å². The maximum Gasteiger partial charge on any atom is 0.414 e. The van der Waals surface area contributed by atoms with Crippen molar-refractivity contribution in [3.05, 3.63) is 53.8 Å². The number of hydrogen-bond acceptors (Lipinski definition) is 5. The molecule has 0 bridgehead atoms. The third kappa shape index (κ3) is 5.76. The fraction of sp³-hybridized carbons (Fsp3) is 0.440. The quantitative estimate of drug-likeness (QED) is 0.617. The Morgan fingerprint density at radius 1 is 1.26 bits per heavy atom. The number of rotatable bonds is 7. The Bertz CT molecular complexity index is 1080. The number of halogens is 3. The highest BCUT2D eigenvalue weighted by Gasteiger charge is 2.38. The fourth-order valence-electron chi connectivity index (χ4n) is 4.58. The molecule has 0 radical (unpaired) electrons. The van der Waals surface area contributed by atoms with Crippen LogP contribution >= 0.6 is 0 Å². The summed E-state index contributed by atoms with van der Waals surface area (Å²) in [5.41, 5.74) is 1.90. The zero-order valence-corrected chi connectivity index (χ0v) is 19.3. The maximum absolute atomic E-state index is 15.0. The molecule has 2 aliphatic heterocycles. The van der Waals surface area contributed by atoms with Crippen LogP contribution in [0.3, 0.4) is 0 Å². The summed E-state index contributed by atoms with van der Waals surface area (Å²) in [7, 11) is 0. The van der Waals surface area contributed by atoms with E-state index in [4.69, 9.17) is 4.74 Å². The van der Waals surface area contributed by atoms with Crippen molar-refractivity contribution < 1.29 is 32.6 Å². The van der Waals surface area contributed by atoms with Crippen LogP contribution in [0.5, 0.6) is 0 Å². The van der Waals surface area contributed by atoms with Gasteiger partial charge in [0.05, 0.1) is 38.0 Å². The number of ether oxygens (including phenoxy) is 1. The van der Waals surface area contributed by atoms with E-state index >= 15 is 4.39 Å². The molecule has 188 valence electrons. The van der Waals surface area contributed by atoms with Crippen LogP contribution in [0.4, 0.5) is 23.7 Å². The Labute approximate surface area is 201 Å². The van der Waals surface area contributed by atoms with E-state index in [9.17, 15) is 23.5 Å². The fourth-order valence-corrected chi connectivity index (χ4v) is 4.58. The second-order valence-electron chi connectivity index (χ2n) is 8.97. The first-order valence-electron chi connectivity index (χ1n) is 11.5. The number of nitrogens with zero attached hydrogens (tertiary/aromatic N) is 2. The summed E-state index contributed by atoms with van der Waals surface area (Å²) < 4.78 is 47.9. The zero-order chi connectivity index (χ0) is 25.2. The van der Waals surface area contributed by atoms with Gasteiger partial charge < -0.3 is 15.2 Å². The number of cyclic esters (lactones) is 1. The van der Waals surface area contributed by atoms with E-state index in [0.29, 0.717) is 35.3 Å². The molecule has 2 saturated heterocycles. The van der Waals surface area contributed by atoms with Crippen LogP contribution in [-0.2, 0) is 9.53 Å². The molecule has 2 aromatic rings. The van der Waals surface area contributed by atoms with E-state index in [-0.39, 0.29) is 32.0 Å². The second-order valence-corrected chi connectivity index (χ2v) is 8.97. The Morgan fingerprint density at radius 2 is 2.00 bits per heavy atom. The van der Waals surface area contributed by atoms with Crippen LogP contribution in [0.25, 0.3) is 11.1 Å². The summed E-state index contributed by atoms with van der Waals surface area (Å²) in [5.74, 6) is -3.55. The predicted molar refractivity (Wildman–Crippen MR) is 124 cm³/mol. The molecule has 2 aliphatic rings. The first-order chi connectivity index (χ1) is 16.7. The summed E-state index contributed by atoms with van der Waals surface area (Å²) in [6.45, 7) is 1.50. The van der Waals surface area contributed by atoms with Gasteiger partial charge in [0, 0.05) is 18.9 Å². The van der Waals surface area contributed by atoms with Crippen molar-refractivity contribution in [2.75, 3.05) is 37.7 Å². The molecule has 2 N–H and O–H groups in total. The molecule has 0 aromatic heterocycles. The highest BCUT2D eigenvalue weighted by molar-refractivity contribution is 5.90. The van der Waals surface area contributed by atoms with Crippen molar-refractivity contribution >= 4 is 17.7 Å². The maximum atomic E-state index is 15.0. The SMILES string of the molecule is CC(=O)NC[C@H]1CN(c2ccc(-c3ccc(C(CO)N4CCCC(F)(F)C4)cc3)c(F)c2)C(=O)O1. The summed E-state index contributed by atoms with van der Waals surface area (Å²) >= 11 is 0. The van der Waals surface area contributed by atoms with Crippen molar-refractivity contribution in [2.45, 2.75) is 37.8 Å². The lowest BCUT2D eigenvalue weighted by molar-refractivity contribution is -0.119. The number of amides is 2. The van der Waals surface area contributed by atoms with Gasteiger partial charge in [-0.25, -0.2) is 18.0 Å². The molecular weight excluding hydrogens is 463 g/mol. The highest BCUT2D eigenvalue weighted by atomic mass is 19.3. The number of benzene rings is 2. The number of carbonyl (C=O) groups excluding carboxylic acids is 2. The number of nitrogens with one attached hydrogen (secondary N) is 1. The number of carbonyl (C=O) groups is 2. The molecule has 7 nitrogen and oxygen atoms in total. The van der Waals surface area contributed by atoms with Gasteiger partial charge in [-0.1, -0.05) is 24.3 Å². The van der Waals surface area contributed by atoms with Crippen molar-refractivity contribution in [3.8, 4) is 11.1 Å². The molecule has 1 unspecified atom stereocenters. The molecule has 0 saturated carbocycles. The Morgan fingerprint density at radius 3 is 2.63 bits per heavy atom. The van der Waals surface area contributed by atoms with Gasteiger partial charge in [0.2, 0.25) is 5.91 Å². The van der Waals surface area contributed by atoms with Gasteiger partial charge >= 0.3 is 6.09 Å². The van der Waals surface area contributed by atoms with Crippen molar-refractivity contribution in [1.29, 1.82) is 0 Å². The van der Waals surface area contributed by atoms with Gasteiger partial charge in [0.15, 0.2) is 0 Å². The third-order valence-electron chi connectivity index (χ3n) is 6.36. The van der Waals surface area contributed by atoms with Gasteiger partial charge in [-0.3, -0.25) is 14.6 Å². The molecule has 0 spiro atoms. The number of anilines is 1. The van der Waals surface area contributed by atoms with Crippen LogP contribution in [0.15, 0.2) is 42.5 Å². The lowest BCUT2D eigenvalue weighted by Crippen LogP contribution is -2.45. The Balaban J connectivity index is 1.47. The van der Waals surface area contributed by atoms with Crippen molar-refractivity contribution in [1.82, 2.24) is 10.2 Å². The first kappa shape index (κ1) is 25.0. The molecule has 2 fully saturated rings.